The van der Waals surface area contributed by atoms with Crippen molar-refractivity contribution < 1.29 is 12.8 Å². The van der Waals surface area contributed by atoms with Crippen molar-refractivity contribution in [2.45, 2.75) is 6.54 Å². The van der Waals surface area contributed by atoms with Gasteiger partial charge in [-0.25, -0.2) is 13.4 Å². The lowest BCUT2D eigenvalue weighted by Gasteiger charge is -2.06. The van der Waals surface area contributed by atoms with Gasteiger partial charge in [0.2, 0.25) is 10.0 Å². The smallest absolute Gasteiger partial charge is 0.229 e. The van der Waals surface area contributed by atoms with Crippen molar-refractivity contribution >= 4 is 21.5 Å². The van der Waals surface area contributed by atoms with Gasteiger partial charge in [0.1, 0.15) is 11.6 Å². The molecular weight excluding hydrogens is 254 g/mol. The zero-order chi connectivity index (χ0) is 13.0. The summed E-state index contributed by atoms with van der Waals surface area (Å²) in [4.78, 5) is 4.08. The predicted octanol–water partition coefficient (Wildman–Crippen LogP) is 1.66. The molecular formula is C11H13N3O3S. The predicted molar refractivity (Wildman–Crippen MR) is 68.7 cm³/mol. The molecule has 0 aliphatic carbocycles. The zero-order valence-corrected chi connectivity index (χ0v) is 10.6. The van der Waals surface area contributed by atoms with Gasteiger partial charge in [-0.2, -0.15) is 0 Å². The number of aromatic nitrogens is 1. The summed E-state index contributed by atoms with van der Waals surface area (Å²) in [5.74, 6) is 1.44. The topological polar surface area (TPSA) is 84.2 Å². The summed E-state index contributed by atoms with van der Waals surface area (Å²) in [6, 6.07) is 6.99. The van der Waals surface area contributed by atoms with E-state index in [1.54, 1.807) is 18.4 Å². The summed E-state index contributed by atoms with van der Waals surface area (Å²) in [5.41, 5.74) is 0.432. The van der Waals surface area contributed by atoms with Gasteiger partial charge in [-0.05, 0) is 24.3 Å². The van der Waals surface area contributed by atoms with Crippen molar-refractivity contribution in [2.24, 2.45) is 0 Å². The third-order valence-electron chi connectivity index (χ3n) is 2.09. The number of nitrogens with one attached hydrogen (secondary N) is 2. The van der Waals surface area contributed by atoms with E-state index in [9.17, 15) is 8.42 Å². The van der Waals surface area contributed by atoms with Gasteiger partial charge < -0.3 is 9.73 Å². The van der Waals surface area contributed by atoms with Gasteiger partial charge >= 0.3 is 0 Å². The molecule has 0 amide bonds. The molecule has 0 aliphatic heterocycles. The van der Waals surface area contributed by atoms with E-state index in [-0.39, 0.29) is 0 Å². The van der Waals surface area contributed by atoms with Crippen LogP contribution < -0.4 is 10.0 Å². The summed E-state index contributed by atoms with van der Waals surface area (Å²) >= 11 is 0. The standard InChI is InChI=1S/C11H13N3O3S/c1-18(15,16)14-9-4-5-11(12-7-9)13-8-10-3-2-6-17-10/h2-7,14H,8H2,1H3,(H,12,13). The molecule has 2 aromatic rings. The van der Waals surface area contributed by atoms with Crippen LogP contribution in [0, 0.1) is 0 Å². The SMILES string of the molecule is CS(=O)(=O)Nc1ccc(NCc2ccco2)nc1. The Balaban J connectivity index is 1.95. The van der Waals surface area contributed by atoms with Crippen LogP contribution in [0.15, 0.2) is 41.1 Å². The number of hydrogen-bond donors (Lipinski definition) is 2. The van der Waals surface area contributed by atoms with Crippen LogP contribution in [0.5, 0.6) is 0 Å². The second kappa shape index (κ2) is 5.09. The first-order valence-corrected chi connectivity index (χ1v) is 7.12. The van der Waals surface area contributed by atoms with Crippen LogP contribution in [0.2, 0.25) is 0 Å². The Morgan fingerprint density at radius 2 is 2.17 bits per heavy atom. The maximum Gasteiger partial charge on any atom is 0.229 e. The van der Waals surface area contributed by atoms with Gasteiger partial charge in [-0.3, -0.25) is 4.72 Å². The molecule has 0 aliphatic rings. The molecule has 0 atom stereocenters. The minimum atomic E-state index is -3.26. The first kappa shape index (κ1) is 12.4. The van der Waals surface area contributed by atoms with E-state index in [0.717, 1.165) is 12.0 Å². The van der Waals surface area contributed by atoms with Crippen LogP contribution in [0.4, 0.5) is 11.5 Å². The first-order valence-electron chi connectivity index (χ1n) is 5.23. The molecule has 2 rings (SSSR count). The van der Waals surface area contributed by atoms with Gasteiger partial charge in [0, 0.05) is 0 Å². The van der Waals surface area contributed by atoms with Crippen LogP contribution in [0.25, 0.3) is 0 Å². The van der Waals surface area contributed by atoms with Crippen molar-refractivity contribution in [2.75, 3.05) is 16.3 Å². The summed E-state index contributed by atoms with van der Waals surface area (Å²) in [5, 5.41) is 3.06. The third-order valence-corrected chi connectivity index (χ3v) is 2.70. The highest BCUT2D eigenvalue weighted by molar-refractivity contribution is 7.92. The highest BCUT2D eigenvalue weighted by atomic mass is 32.2. The third kappa shape index (κ3) is 3.77. The van der Waals surface area contributed by atoms with E-state index < -0.39 is 10.0 Å². The Kier molecular flexibility index (Phi) is 3.52. The molecule has 2 heterocycles. The van der Waals surface area contributed by atoms with Crippen LogP contribution in [0.3, 0.4) is 0 Å². The monoisotopic (exact) mass is 267 g/mol. The molecule has 0 bridgehead atoms. The van der Waals surface area contributed by atoms with Crippen LogP contribution in [-0.4, -0.2) is 19.7 Å². The molecule has 0 fully saturated rings. The Bertz CT molecular complexity index is 591. The number of hydrogen-bond acceptors (Lipinski definition) is 5. The minimum Gasteiger partial charge on any atom is -0.467 e. The molecule has 6 nitrogen and oxygen atoms in total. The number of pyridine rings is 1. The second-order valence-corrected chi connectivity index (χ2v) is 5.49. The Morgan fingerprint density at radius 3 is 2.72 bits per heavy atom. The maximum atomic E-state index is 11.0. The van der Waals surface area contributed by atoms with E-state index in [0.29, 0.717) is 18.1 Å². The number of rotatable bonds is 5. The largest absolute Gasteiger partial charge is 0.467 e. The molecule has 96 valence electrons. The molecule has 0 radical (unpaired) electrons. The van der Waals surface area contributed by atoms with Crippen LogP contribution in [0.1, 0.15) is 5.76 Å². The Hall–Kier alpha value is -2.02. The molecule has 0 spiro atoms. The molecule has 0 aromatic carbocycles. The van der Waals surface area contributed by atoms with Gasteiger partial charge in [0.25, 0.3) is 0 Å². The fourth-order valence-electron chi connectivity index (χ4n) is 1.36. The number of anilines is 2. The molecule has 2 aromatic heterocycles. The van der Waals surface area contributed by atoms with Gasteiger partial charge in [-0.15, -0.1) is 0 Å². The maximum absolute atomic E-state index is 11.0. The number of nitrogens with zero attached hydrogens (tertiary/aromatic N) is 1. The van der Waals surface area contributed by atoms with Crippen molar-refractivity contribution in [3.05, 3.63) is 42.5 Å². The Morgan fingerprint density at radius 1 is 1.33 bits per heavy atom. The van der Waals surface area contributed by atoms with Gasteiger partial charge in [0.05, 0.1) is 30.9 Å². The van der Waals surface area contributed by atoms with Gasteiger partial charge in [-0.1, -0.05) is 0 Å². The molecule has 2 N–H and O–H groups in total. The molecule has 18 heavy (non-hydrogen) atoms. The van der Waals surface area contributed by atoms with Crippen LogP contribution in [-0.2, 0) is 16.6 Å². The fraction of sp³-hybridized carbons (Fsp3) is 0.182. The van der Waals surface area contributed by atoms with Crippen molar-refractivity contribution in [1.29, 1.82) is 0 Å². The Labute approximate surface area is 105 Å². The highest BCUT2D eigenvalue weighted by Crippen LogP contribution is 2.12. The number of sulfonamides is 1. The summed E-state index contributed by atoms with van der Waals surface area (Å²) in [6.45, 7) is 0.527. The van der Waals surface area contributed by atoms with Crippen molar-refractivity contribution in [3.63, 3.8) is 0 Å². The molecule has 0 unspecified atom stereocenters. The lowest BCUT2D eigenvalue weighted by Crippen LogP contribution is -2.10. The molecule has 0 saturated heterocycles. The second-order valence-electron chi connectivity index (χ2n) is 3.74. The van der Waals surface area contributed by atoms with E-state index >= 15 is 0 Å². The average molecular weight is 267 g/mol. The van der Waals surface area contributed by atoms with Crippen LogP contribution >= 0.6 is 0 Å². The van der Waals surface area contributed by atoms with E-state index in [1.807, 2.05) is 12.1 Å². The summed E-state index contributed by atoms with van der Waals surface area (Å²) in [6.07, 6.45) is 4.14. The lowest BCUT2D eigenvalue weighted by molar-refractivity contribution is 0.518. The molecule has 0 saturated carbocycles. The normalized spacial score (nSPS) is 11.2. The fourth-order valence-corrected chi connectivity index (χ4v) is 1.91. The lowest BCUT2D eigenvalue weighted by atomic mass is 10.4. The minimum absolute atomic E-state index is 0.432. The quantitative estimate of drug-likeness (QED) is 0.860. The zero-order valence-electron chi connectivity index (χ0n) is 9.75. The van der Waals surface area contributed by atoms with Gasteiger partial charge in [0.15, 0.2) is 0 Å². The van der Waals surface area contributed by atoms with E-state index in [4.69, 9.17) is 4.42 Å². The average Bonchev–Trinajstić information content (AvgIpc) is 2.79. The number of furan rings is 1. The van der Waals surface area contributed by atoms with Crippen molar-refractivity contribution in [3.8, 4) is 0 Å². The van der Waals surface area contributed by atoms with E-state index in [1.165, 1.54) is 6.20 Å². The molecule has 7 heteroatoms. The summed E-state index contributed by atoms with van der Waals surface area (Å²) < 4.78 is 29.5. The van der Waals surface area contributed by atoms with Crippen molar-refractivity contribution in [1.82, 2.24) is 4.98 Å². The van der Waals surface area contributed by atoms with E-state index in [2.05, 4.69) is 15.0 Å². The highest BCUT2D eigenvalue weighted by Gasteiger charge is 2.02. The summed E-state index contributed by atoms with van der Waals surface area (Å²) in [7, 11) is -3.26. The first-order chi connectivity index (χ1) is 8.53.